The number of carbonyl (C=O) groups excluding carboxylic acids is 2. The van der Waals surface area contributed by atoms with Gasteiger partial charge in [-0.1, -0.05) is 0 Å². The highest BCUT2D eigenvalue weighted by atomic mass is 16.8. The number of hydrogen-bond acceptors (Lipinski definition) is 33. The van der Waals surface area contributed by atoms with Crippen molar-refractivity contribution in [1.29, 1.82) is 0 Å². The number of aliphatic hydroxyl groups is 18. The first kappa shape index (κ1) is 60.0. The summed E-state index contributed by atoms with van der Waals surface area (Å²) in [5, 5.41) is 190. The summed E-state index contributed by atoms with van der Waals surface area (Å²) in [4.78, 5) is 24.9. The lowest BCUT2D eigenvalue weighted by molar-refractivity contribution is -0.396. The molecule has 0 aromatic rings. The minimum absolute atomic E-state index is 0.848. The van der Waals surface area contributed by atoms with E-state index in [0.29, 0.717) is 0 Å². The SMILES string of the molecule is CC(=O)O[C@@H]1[C@H](O[C@H]2[C@H](O)[C@H](OC(C)=O)[C@H](O[C@H]3[C@H](O)[C@H](O)[C@H](O[C@H]4[C@H](O)[C@H](O)C(O)O[C@@H]4CO)O[C@@H]3CO)O[C@@H]2CO)O[C@H](CO)[C@@H](O[C@@H]2O[C@H](CO)[C@@H](O[C@@H]3O[C@H](CO)[C@@H](O)[C@H](O)[C@@H]3O)[C@H](O)[C@@H]2O)[C@@H]1O. The molecule has 73 heavy (non-hydrogen) atoms. The zero-order valence-corrected chi connectivity index (χ0v) is 38.7. The van der Waals surface area contributed by atoms with E-state index in [1.807, 2.05) is 0 Å². The molecule has 18 N–H and O–H groups in total. The second kappa shape index (κ2) is 26.0. The second-order valence-electron chi connectivity index (χ2n) is 17.9. The van der Waals surface area contributed by atoms with E-state index in [9.17, 15) is 102 Å². The van der Waals surface area contributed by atoms with Crippen molar-refractivity contribution >= 4 is 11.9 Å². The van der Waals surface area contributed by atoms with Gasteiger partial charge in [-0.2, -0.15) is 0 Å². The second-order valence-corrected chi connectivity index (χ2v) is 17.9. The summed E-state index contributed by atoms with van der Waals surface area (Å²) in [6.07, 6.45) is -57.3. The first-order valence-corrected chi connectivity index (χ1v) is 22.9. The summed E-state index contributed by atoms with van der Waals surface area (Å²) < 4.78 is 72.4. The summed E-state index contributed by atoms with van der Waals surface area (Å²) in [6.45, 7) is -4.10. The fourth-order valence-electron chi connectivity index (χ4n) is 9.13. The Morgan fingerprint density at radius 3 is 0.890 bits per heavy atom. The predicted molar refractivity (Wildman–Crippen MR) is 218 cm³/mol. The Balaban J connectivity index is 1.16. The molecule has 33 nitrogen and oxygen atoms in total. The van der Waals surface area contributed by atoms with Crippen molar-refractivity contribution in [3.8, 4) is 0 Å². The molecule has 1 unspecified atom stereocenters. The van der Waals surface area contributed by atoms with E-state index >= 15 is 0 Å². The average Bonchev–Trinajstić information content (AvgIpc) is 3.36. The number of hydrogen-bond donors (Lipinski definition) is 18. The van der Waals surface area contributed by atoms with E-state index in [1.165, 1.54) is 0 Å². The molecule has 0 amide bonds. The van der Waals surface area contributed by atoms with Gasteiger partial charge < -0.3 is 153 Å². The van der Waals surface area contributed by atoms with Crippen LogP contribution in [-0.4, -0.2) is 328 Å². The van der Waals surface area contributed by atoms with E-state index < -0.39 is 236 Å². The number of rotatable bonds is 18. The first-order valence-electron chi connectivity index (χ1n) is 22.9. The average molecular weight is 1070 g/mol. The third kappa shape index (κ3) is 12.9. The van der Waals surface area contributed by atoms with Crippen molar-refractivity contribution in [3.63, 3.8) is 0 Å². The highest BCUT2D eigenvalue weighted by Gasteiger charge is 2.59. The predicted octanol–water partition coefficient (Wildman–Crippen LogP) is -13.0. The van der Waals surface area contributed by atoms with Crippen LogP contribution in [0.15, 0.2) is 0 Å². The number of aliphatic hydroxyl groups excluding tert-OH is 18. The van der Waals surface area contributed by atoms with Crippen molar-refractivity contribution in [3.05, 3.63) is 0 Å². The normalized spacial score (nSPS) is 49.8. The quantitative estimate of drug-likeness (QED) is 0.0567. The summed E-state index contributed by atoms with van der Waals surface area (Å²) in [7, 11) is 0. The molecule has 6 heterocycles. The van der Waals surface area contributed by atoms with Gasteiger partial charge in [-0.15, -0.1) is 0 Å². The molecule has 33 heteroatoms. The van der Waals surface area contributed by atoms with Crippen LogP contribution in [0.4, 0.5) is 0 Å². The molecule has 6 aliphatic heterocycles. The minimum atomic E-state index is -2.17. The molecule has 0 aromatic carbocycles. The van der Waals surface area contributed by atoms with E-state index in [2.05, 4.69) is 0 Å². The molecular weight excluding hydrogens is 1010 g/mol. The number of carbonyl (C=O) groups is 2. The maximum atomic E-state index is 12.4. The van der Waals surface area contributed by atoms with Crippen LogP contribution >= 0.6 is 0 Å². The van der Waals surface area contributed by atoms with Crippen LogP contribution in [0, 0.1) is 0 Å². The van der Waals surface area contributed by atoms with Gasteiger partial charge >= 0.3 is 11.9 Å². The van der Waals surface area contributed by atoms with Crippen LogP contribution in [0.25, 0.3) is 0 Å². The van der Waals surface area contributed by atoms with Crippen molar-refractivity contribution in [2.24, 2.45) is 0 Å². The molecule has 0 aliphatic carbocycles. The van der Waals surface area contributed by atoms with Crippen LogP contribution in [0.5, 0.6) is 0 Å². The van der Waals surface area contributed by atoms with Gasteiger partial charge in [0.05, 0.1) is 39.6 Å². The molecule has 0 aromatic heterocycles. The third-order valence-corrected chi connectivity index (χ3v) is 13.0. The molecule has 6 aliphatic rings. The summed E-state index contributed by atoms with van der Waals surface area (Å²) in [5.74, 6) is -2.19. The van der Waals surface area contributed by atoms with Gasteiger partial charge in [0.1, 0.15) is 134 Å². The maximum absolute atomic E-state index is 12.4. The van der Waals surface area contributed by atoms with Crippen LogP contribution in [0.3, 0.4) is 0 Å². The molecule has 6 fully saturated rings. The van der Waals surface area contributed by atoms with Crippen LogP contribution < -0.4 is 0 Å². The summed E-state index contributed by atoms with van der Waals surface area (Å²) in [5.41, 5.74) is 0. The first-order chi connectivity index (χ1) is 34.5. The van der Waals surface area contributed by atoms with E-state index in [-0.39, 0.29) is 0 Å². The Labute approximate surface area is 412 Å². The topological polar surface area (TPSA) is 518 Å². The van der Waals surface area contributed by atoms with E-state index in [1.54, 1.807) is 0 Å². The maximum Gasteiger partial charge on any atom is 0.303 e. The van der Waals surface area contributed by atoms with Gasteiger partial charge in [-0.3, -0.25) is 9.59 Å². The minimum Gasteiger partial charge on any atom is -0.454 e. The van der Waals surface area contributed by atoms with Crippen LogP contribution in [0.2, 0.25) is 0 Å². The Bertz CT molecular complexity index is 1730. The number of esters is 2. The van der Waals surface area contributed by atoms with Crippen LogP contribution in [-0.2, 0) is 71.2 Å². The zero-order chi connectivity index (χ0) is 53.9. The number of ether oxygens (including phenoxy) is 13. The smallest absolute Gasteiger partial charge is 0.303 e. The van der Waals surface area contributed by atoms with Gasteiger partial charge in [0.2, 0.25) is 0 Å². The monoisotopic (exact) mass is 1070 g/mol. The van der Waals surface area contributed by atoms with Gasteiger partial charge in [0.25, 0.3) is 0 Å². The molecule has 0 radical (unpaired) electrons. The molecule has 0 bridgehead atoms. The van der Waals surface area contributed by atoms with Gasteiger partial charge in [0.15, 0.2) is 49.9 Å². The molecule has 0 spiro atoms. The zero-order valence-electron chi connectivity index (χ0n) is 38.7. The van der Waals surface area contributed by atoms with Gasteiger partial charge in [-0.25, -0.2) is 0 Å². The lowest BCUT2D eigenvalue weighted by atomic mass is 9.95. The van der Waals surface area contributed by atoms with Crippen molar-refractivity contribution in [2.75, 3.05) is 39.6 Å². The Kier molecular flexibility index (Phi) is 21.3. The van der Waals surface area contributed by atoms with E-state index in [0.717, 1.165) is 13.8 Å². The molecule has 30 atom stereocenters. The third-order valence-electron chi connectivity index (χ3n) is 13.0. The van der Waals surface area contributed by atoms with Crippen LogP contribution in [0.1, 0.15) is 13.8 Å². The van der Waals surface area contributed by atoms with Gasteiger partial charge in [0, 0.05) is 13.8 Å². The summed E-state index contributed by atoms with van der Waals surface area (Å²) in [6, 6.07) is 0. The highest BCUT2D eigenvalue weighted by Crippen LogP contribution is 2.38. The largest absolute Gasteiger partial charge is 0.454 e. The van der Waals surface area contributed by atoms with Gasteiger partial charge in [-0.05, 0) is 0 Å². The fourth-order valence-corrected chi connectivity index (χ4v) is 9.13. The molecular formula is C40H66O33. The van der Waals surface area contributed by atoms with Crippen molar-refractivity contribution < 1.29 is 163 Å². The molecule has 6 rings (SSSR count). The fraction of sp³-hybridized carbons (Fsp3) is 0.950. The molecule has 0 saturated carbocycles. The molecule has 424 valence electrons. The summed E-state index contributed by atoms with van der Waals surface area (Å²) >= 11 is 0. The Hall–Kier alpha value is -2.22. The van der Waals surface area contributed by atoms with Crippen molar-refractivity contribution in [1.82, 2.24) is 0 Å². The highest BCUT2D eigenvalue weighted by molar-refractivity contribution is 5.66. The Morgan fingerprint density at radius 2 is 0.562 bits per heavy atom. The van der Waals surface area contributed by atoms with Crippen molar-refractivity contribution in [2.45, 2.75) is 198 Å². The standard InChI is InChI=1S/C40H66O33/c1-9(47)61-33-26(58)31(71-38-24(56)20(52)29(13(5-43)65-38)70-36-23(55)18(50)17(49)11(3-41)64-36)15(7-45)67-40(33)73-32-16(8-46)68-39(34(27(32)59)62-10(2)48)72-30-14(6-44)66-37(25(57)21(30)53)69-28-12(4-42)63-35(60)22(54)19(28)51/h11-46,49-60H,3-8H2,1-2H3/t11-,12-,13-,14-,15-,16-,17-,18+,19-,20-,21-,22+,23+,24+,25+,26+,27+,28-,29-,30-,31-,32-,33+,34+,35?,36+,37+,38+,39+,40+/m1/s1. The lowest BCUT2D eigenvalue weighted by Crippen LogP contribution is -2.68. The lowest BCUT2D eigenvalue weighted by Gasteiger charge is -2.50. The van der Waals surface area contributed by atoms with E-state index in [4.69, 9.17) is 61.6 Å². The Morgan fingerprint density at radius 1 is 0.301 bits per heavy atom. The molecule has 6 saturated heterocycles.